The molecule has 7 nitrogen and oxygen atoms in total. The number of nitrogens with zero attached hydrogens (tertiary/aromatic N) is 2. The Labute approximate surface area is 84.9 Å². The Kier molecular flexibility index (Phi) is 3.17. The van der Waals surface area contributed by atoms with Gasteiger partial charge in [-0.2, -0.15) is 5.10 Å². The van der Waals surface area contributed by atoms with Crippen LogP contribution in [0.15, 0.2) is 21.7 Å². The van der Waals surface area contributed by atoms with Gasteiger partial charge in [0.2, 0.25) is 5.91 Å². The summed E-state index contributed by atoms with van der Waals surface area (Å²) in [5.41, 5.74) is 2.56. The average Bonchev–Trinajstić information content (AvgIpc) is 2.62. The van der Waals surface area contributed by atoms with Crippen molar-refractivity contribution in [3.05, 3.63) is 28.0 Å². The number of amides is 1. The predicted molar refractivity (Wildman–Crippen MR) is 51.4 cm³/mol. The second kappa shape index (κ2) is 4.36. The lowest BCUT2D eigenvalue weighted by Gasteiger charge is -1.95. The first kappa shape index (κ1) is 10.9. The number of rotatable bonds is 3. The zero-order valence-corrected chi connectivity index (χ0v) is 8.18. The molecule has 0 saturated carbocycles. The number of carbonyl (C=O) groups is 1. The van der Waals surface area contributed by atoms with Gasteiger partial charge in [-0.15, -0.1) is 0 Å². The average molecular weight is 211 g/mol. The lowest BCUT2D eigenvalue weighted by molar-refractivity contribution is -0.402. The summed E-state index contributed by atoms with van der Waals surface area (Å²) < 4.78 is 4.86. The smallest absolute Gasteiger partial charge is 0.399 e. The highest BCUT2D eigenvalue weighted by Gasteiger charge is 2.13. The highest BCUT2D eigenvalue weighted by Crippen LogP contribution is 2.15. The van der Waals surface area contributed by atoms with Crippen LogP contribution in [-0.2, 0) is 4.79 Å². The number of nitro groups is 1. The fourth-order valence-electron chi connectivity index (χ4n) is 0.838. The SMILES string of the molecule is CC(=O)NN=C(C)c1ccc([N+](=O)[O-])o1. The molecule has 0 aliphatic rings. The molecular weight excluding hydrogens is 202 g/mol. The van der Waals surface area contributed by atoms with Crippen molar-refractivity contribution >= 4 is 17.5 Å². The van der Waals surface area contributed by atoms with Gasteiger partial charge in [0, 0.05) is 6.92 Å². The Morgan fingerprint density at radius 2 is 2.20 bits per heavy atom. The van der Waals surface area contributed by atoms with Crippen molar-refractivity contribution in [1.29, 1.82) is 0 Å². The zero-order chi connectivity index (χ0) is 11.4. The summed E-state index contributed by atoms with van der Waals surface area (Å²) >= 11 is 0. The second-order valence-corrected chi connectivity index (χ2v) is 2.76. The fraction of sp³-hybridized carbons (Fsp3) is 0.250. The highest BCUT2D eigenvalue weighted by molar-refractivity contribution is 5.96. The van der Waals surface area contributed by atoms with Crippen LogP contribution in [0, 0.1) is 10.1 Å². The largest absolute Gasteiger partial charge is 0.433 e. The van der Waals surface area contributed by atoms with E-state index in [1.54, 1.807) is 6.92 Å². The molecule has 7 heteroatoms. The summed E-state index contributed by atoms with van der Waals surface area (Å²) in [5.74, 6) is -0.437. The van der Waals surface area contributed by atoms with Gasteiger partial charge in [-0.05, 0) is 13.0 Å². The summed E-state index contributed by atoms with van der Waals surface area (Å²) in [5, 5.41) is 14.0. The second-order valence-electron chi connectivity index (χ2n) is 2.76. The minimum atomic E-state index is -0.644. The first-order valence-electron chi connectivity index (χ1n) is 4.06. The van der Waals surface area contributed by atoms with Gasteiger partial charge in [0.05, 0.1) is 6.07 Å². The molecule has 1 aromatic heterocycles. The fourth-order valence-corrected chi connectivity index (χ4v) is 0.838. The van der Waals surface area contributed by atoms with Crippen LogP contribution >= 0.6 is 0 Å². The monoisotopic (exact) mass is 211 g/mol. The van der Waals surface area contributed by atoms with Crippen LogP contribution in [0.2, 0.25) is 0 Å². The maximum Gasteiger partial charge on any atom is 0.433 e. The molecule has 0 fully saturated rings. The van der Waals surface area contributed by atoms with Crippen molar-refractivity contribution in [2.24, 2.45) is 5.10 Å². The first-order valence-corrected chi connectivity index (χ1v) is 4.06. The van der Waals surface area contributed by atoms with E-state index in [1.807, 2.05) is 0 Å². The standard InChI is InChI=1S/C8H9N3O4/c1-5(9-10-6(2)12)7-3-4-8(15-7)11(13)14/h3-4H,1-2H3,(H,10,12). The number of carbonyl (C=O) groups excluding carboxylic acids is 1. The van der Waals surface area contributed by atoms with Crippen molar-refractivity contribution in [2.75, 3.05) is 0 Å². The maximum absolute atomic E-state index is 10.5. The molecule has 0 spiro atoms. The Balaban J connectivity index is 2.82. The van der Waals surface area contributed by atoms with E-state index in [4.69, 9.17) is 4.42 Å². The quantitative estimate of drug-likeness (QED) is 0.459. The number of furan rings is 1. The van der Waals surface area contributed by atoms with Crippen molar-refractivity contribution < 1.29 is 14.1 Å². The first-order chi connectivity index (χ1) is 7.00. The van der Waals surface area contributed by atoms with E-state index in [-0.39, 0.29) is 17.6 Å². The molecule has 15 heavy (non-hydrogen) atoms. The van der Waals surface area contributed by atoms with Crippen LogP contribution in [0.25, 0.3) is 0 Å². The van der Waals surface area contributed by atoms with Crippen molar-refractivity contribution in [3.63, 3.8) is 0 Å². The van der Waals surface area contributed by atoms with Crippen LogP contribution in [0.4, 0.5) is 5.88 Å². The van der Waals surface area contributed by atoms with Gasteiger partial charge in [0.15, 0.2) is 5.76 Å². The summed E-state index contributed by atoms with van der Waals surface area (Å²) in [4.78, 5) is 20.2. The van der Waals surface area contributed by atoms with Crippen LogP contribution in [-0.4, -0.2) is 16.5 Å². The van der Waals surface area contributed by atoms with Crippen LogP contribution in [0.5, 0.6) is 0 Å². The van der Waals surface area contributed by atoms with Gasteiger partial charge >= 0.3 is 5.88 Å². The normalized spacial score (nSPS) is 11.2. The van der Waals surface area contributed by atoms with Gasteiger partial charge in [-0.25, -0.2) is 5.43 Å². The predicted octanol–water partition coefficient (Wildman–Crippen LogP) is 1.05. The van der Waals surface area contributed by atoms with Gasteiger partial charge < -0.3 is 4.42 Å². The third-order valence-electron chi connectivity index (χ3n) is 1.51. The summed E-state index contributed by atoms with van der Waals surface area (Å²) in [7, 11) is 0. The number of nitrogens with one attached hydrogen (secondary N) is 1. The van der Waals surface area contributed by atoms with Gasteiger partial charge in [-0.1, -0.05) is 0 Å². The van der Waals surface area contributed by atoms with Crippen molar-refractivity contribution in [3.8, 4) is 0 Å². The zero-order valence-electron chi connectivity index (χ0n) is 8.18. The third kappa shape index (κ3) is 2.90. The maximum atomic E-state index is 10.5. The highest BCUT2D eigenvalue weighted by atomic mass is 16.6. The van der Waals surface area contributed by atoms with Crippen molar-refractivity contribution in [1.82, 2.24) is 5.43 Å². The van der Waals surface area contributed by atoms with E-state index < -0.39 is 4.92 Å². The molecule has 0 saturated heterocycles. The molecule has 80 valence electrons. The molecule has 1 N–H and O–H groups in total. The Morgan fingerprint density at radius 1 is 1.53 bits per heavy atom. The molecule has 0 radical (unpaired) electrons. The number of hydrogen-bond donors (Lipinski definition) is 1. The van der Waals surface area contributed by atoms with E-state index >= 15 is 0 Å². The van der Waals surface area contributed by atoms with Crippen LogP contribution in [0.3, 0.4) is 0 Å². The lowest BCUT2D eigenvalue weighted by atomic mass is 10.3. The molecule has 1 amide bonds. The van der Waals surface area contributed by atoms with Gasteiger partial charge in [-0.3, -0.25) is 14.9 Å². The molecule has 0 aromatic carbocycles. The Hall–Kier alpha value is -2.18. The van der Waals surface area contributed by atoms with E-state index in [1.165, 1.54) is 19.1 Å². The minimum Gasteiger partial charge on any atom is -0.399 e. The van der Waals surface area contributed by atoms with E-state index in [0.29, 0.717) is 5.71 Å². The summed E-state index contributed by atoms with van der Waals surface area (Å²) in [6.45, 7) is 2.87. The van der Waals surface area contributed by atoms with Gasteiger partial charge in [0.1, 0.15) is 10.6 Å². The topological polar surface area (TPSA) is 97.7 Å². The van der Waals surface area contributed by atoms with Crippen LogP contribution in [0.1, 0.15) is 19.6 Å². The molecule has 1 heterocycles. The van der Waals surface area contributed by atoms with Gasteiger partial charge in [0.25, 0.3) is 0 Å². The molecule has 0 unspecified atom stereocenters. The summed E-state index contributed by atoms with van der Waals surface area (Å²) in [6, 6.07) is 2.64. The Morgan fingerprint density at radius 3 is 2.67 bits per heavy atom. The molecule has 0 bridgehead atoms. The minimum absolute atomic E-state index is 0.246. The van der Waals surface area contributed by atoms with Crippen molar-refractivity contribution in [2.45, 2.75) is 13.8 Å². The molecular formula is C8H9N3O4. The third-order valence-corrected chi connectivity index (χ3v) is 1.51. The van der Waals surface area contributed by atoms with E-state index in [0.717, 1.165) is 0 Å². The van der Waals surface area contributed by atoms with E-state index in [9.17, 15) is 14.9 Å². The van der Waals surface area contributed by atoms with Crippen LogP contribution < -0.4 is 5.43 Å². The number of hydrogen-bond acceptors (Lipinski definition) is 5. The molecule has 1 aromatic rings. The molecule has 0 aliphatic heterocycles. The molecule has 0 aliphatic carbocycles. The molecule has 1 rings (SSSR count). The number of hydrazone groups is 1. The molecule has 0 atom stereocenters. The Bertz CT molecular complexity index is 421. The summed E-state index contributed by atoms with van der Waals surface area (Å²) in [6.07, 6.45) is 0. The lowest BCUT2D eigenvalue weighted by Crippen LogP contribution is -2.14. The van der Waals surface area contributed by atoms with E-state index in [2.05, 4.69) is 10.5 Å².